The molecule has 1 aromatic heterocycles. The Balaban J connectivity index is 2.11. The molecule has 0 saturated carbocycles. The van der Waals surface area contributed by atoms with E-state index in [1.165, 1.54) is 11.7 Å². The first kappa shape index (κ1) is 16.0. The molecule has 1 aromatic carbocycles. The van der Waals surface area contributed by atoms with Gasteiger partial charge in [0.15, 0.2) is 5.82 Å². The molecule has 0 radical (unpaired) electrons. The highest BCUT2D eigenvalue weighted by molar-refractivity contribution is 7.88. The van der Waals surface area contributed by atoms with Crippen molar-refractivity contribution < 1.29 is 13.2 Å². The SMILES string of the molecule is Cc1nnnn1-c1cccc(NC(=O)CN(C)S(C)(=O)=O)c1. The monoisotopic (exact) mass is 324 g/mol. The van der Waals surface area contributed by atoms with Crippen LogP contribution in [0.2, 0.25) is 0 Å². The van der Waals surface area contributed by atoms with Crippen molar-refractivity contribution in [2.45, 2.75) is 6.92 Å². The first-order valence-electron chi connectivity index (χ1n) is 6.34. The molecule has 2 rings (SSSR count). The maximum atomic E-state index is 11.9. The minimum Gasteiger partial charge on any atom is -0.325 e. The largest absolute Gasteiger partial charge is 0.325 e. The van der Waals surface area contributed by atoms with Gasteiger partial charge in [0, 0.05) is 12.7 Å². The average molecular weight is 324 g/mol. The highest BCUT2D eigenvalue weighted by atomic mass is 32.2. The molecule has 0 fully saturated rings. The van der Waals surface area contributed by atoms with Crippen molar-refractivity contribution in [2.24, 2.45) is 0 Å². The summed E-state index contributed by atoms with van der Waals surface area (Å²) in [5, 5.41) is 13.8. The molecule has 2 aromatic rings. The zero-order valence-electron chi connectivity index (χ0n) is 12.4. The third-order valence-electron chi connectivity index (χ3n) is 2.93. The third-order valence-corrected chi connectivity index (χ3v) is 4.19. The molecule has 9 nitrogen and oxygen atoms in total. The molecule has 0 atom stereocenters. The van der Waals surface area contributed by atoms with E-state index >= 15 is 0 Å². The van der Waals surface area contributed by atoms with Crippen LogP contribution < -0.4 is 5.32 Å². The van der Waals surface area contributed by atoms with Crippen LogP contribution in [-0.4, -0.2) is 58.7 Å². The average Bonchev–Trinajstić information content (AvgIpc) is 2.84. The van der Waals surface area contributed by atoms with E-state index in [9.17, 15) is 13.2 Å². The van der Waals surface area contributed by atoms with E-state index in [-0.39, 0.29) is 6.54 Å². The summed E-state index contributed by atoms with van der Waals surface area (Å²) in [5.74, 6) is 0.179. The smallest absolute Gasteiger partial charge is 0.239 e. The summed E-state index contributed by atoms with van der Waals surface area (Å²) in [6.45, 7) is 1.50. The molecule has 0 aliphatic rings. The maximum Gasteiger partial charge on any atom is 0.239 e. The van der Waals surface area contributed by atoms with Crippen molar-refractivity contribution in [3.63, 3.8) is 0 Å². The van der Waals surface area contributed by atoms with Gasteiger partial charge in [0.25, 0.3) is 0 Å². The van der Waals surface area contributed by atoms with E-state index in [2.05, 4.69) is 20.8 Å². The molecule has 0 aliphatic carbocycles. The Hall–Kier alpha value is -2.33. The number of rotatable bonds is 5. The molecular weight excluding hydrogens is 308 g/mol. The van der Waals surface area contributed by atoms with Crippen molar-refractivity contribution >= 4 is 21.6 Å². The minimum atomic E-state index is -3.40. The van der Waals surface area contributed by atoms with E-state index in [0.717, 1.165) is 10.6 Å². The van der Waals surface area contributed by atoms with Crippen molar-refractivity contribution in [2.75, 3.05) is 25.2 Å². The molecule has 1 amide bonds. The van der Waals surface area contributed by atoms with Gasteiger partial charge in [0.2, 0.25) is 15.9 Å². The lowest BCUT2D eigenvalue weighted by Crippen LogP contribution is -2.34. The van der Waals surface area contributed by atoms with Crippen molar-refractivity contribution in [1.29, 1.82) is 0 Å². The maximum absolute atomic E-state index is 11.9. The van der Waals surface area contributed by atoms with Gasteiger partial charge in [-0.3, -0.25) is 4.79 Å². The van der Waals surface area contributed by atoms with E-state index in [4.69, 9.17) is 0 Å². The van der Waals surface area contributed by atoms with Crippen LogP contribution in [0.4, 0.5) is 5.69 Å². The first-order valence-corrected chi connectivity index (χ1v) is 8.19. The van der Waals surface area contributed by atoms with Crippen molar-refractivity contribution in [3.05, 3.63) is 30.1 Å². The van der Waals surface area contributed by atoms with E-state index in [0.29, 0.717) is 17.2 Å². The molecule has 22 heavy (non-hydrogen) atoms. The summed E-state index contributed by atoms with van der Waals surface area (Å²) in [6.07, 6.45) is 1.04. The Morgan fingerprint density at radius 1 is 1.41 bits per heavy atom. The number of carbonyl (C=O) groups excluding carboxylic acids is 1. The normalized spacial score (nSPS) is 11.6. The second kappa shape index (κ2) is 6.20. The lowest BCUT2D eigenvalue weighted by molar-refractivity contribution is -0.116. The number of amides is 1. The second-order valence-electron chi connectivity index (χ2n) is 4.76. The highest BCUT2D eigenvalue weighted by Gasteiger charge is 2.15. The van der Waals surface area contributed by atoms with Crippen LogP contribution >= 0.6 is 0 Å². The lowest BCUT2D eigenvalue weighted by atomic mass is 10.2. The molecule has 0 bridgehead atoms. The van der Waals surface area contributed by atoms with E-state index < -0.39 is 15.9 Å². The van der Waals surface area contributed by atoms with Gasteiger partial charge in [-0.15, -0.1) is 5.10 Å². The zero-order valence-corrected chi connectivity index (χ0v) is 13.2. The van der Waals surface area contributed by atoms with Gasteiger partial charge >= 0.3 is 0 Å². The van der Waals surface area contributed by atoms with Crippen molar-refractivity contribution in [3.8, 4) is 5.69 Å². The predicted molar refractivity (Wildman–Crippen MR) is 80.0 cm³/mol. The third kappa shape index (κ3) is 3.86. The Morgan fingerprint density at radius 3 is 2.73 bits per heavy atom. The highest BCUT2D eigenvalue weighted by Crippen LogP contribution is 2.14. The minimum absolute atomic E-state index is 0.257. The summed E-state index contributed by atoms with van der Waals surface area (Å²) in [4.78, 5) is 11.9. The van der Waals surface area contributed by atoms with Crippen LogP contribution in [0.5, 0.6) is 0 Å². The number of nitrogens with one attached hydrogen (secondary N) is 1. The first-order chi connectivity index (χ1) is 10.3. The van der Waals surface area contributed by atoms with Gasteiger partial charge in [0.05, 0.1) is 18.5 Å². The number of hydrogen-bond donors (Lipinski definition) is 1. The molecule has 0 unspecified atom stereocenters. The number of nitrogens with zero attached hydrogens (tertiary/aromatic N) is 5. The molecular formula is C12H16N6O3S. The number of tetrazole rings is 1. The van der Waals surface area contributed by atoms with Gasteiger partial charge in [-0.1, -0.05) is 6.07 Å². The molecule has 1 N–H and O–H groups in total. The number of likely N-dealkylation sites (N-methyl/N-ethyl adjacent to an activating group) is 1. The van der Waals surface area contributed by atoms with Gasteiger partial charge in [0.1, 0.15) is 0 Å². The van der Waals surface area contributed by atoms with Crippen molar-refractivity contribution in [1.82, 2.24) is 24.5 Å². The van der Waals surface area contributed by atoms with Crippen LogP contribution in [-0.2, 0) is 14.8 Å². The summed E-state index contributed by atoms with van der Waals surface area (Å²) >= 11 is 0. The Kier molecular flexibility index (Phi) is 4.52. The number of aromatic nitrogens is 4. The molecule has 10 heteroatoms. The molecule has 1 heterocycles. The second-order valence-corrected chi connectivity index (χ2v) is 6.84. The van der Waals surface area contributed by atoms with Gasteiger partial charge in [-0.05, 0) is 35.5 Å². The zero-order chi connectivity index (χ0) is 16.3. The summed E-state index contributed by atoms with van der Waals surface area (Å²) < 4.78 is 25.1. The molecule has 0 aliphatic heterocycles. The Labute approximate surface area is 128 Å². The standard InChI is InChI=1S/C12H16N6O3S/c1-9-14-15-16-18(9)11-6-4-5-10(7-11)13-12(19)8-17(2)22(3,20)21/h4-7H,8H2,1-3H3,(H,13,19). The fourth-order valence-corrected chi connectivity index (χ4v) is 2.06. The van der Waals surface area contributed by atoms with Crippen LogP contribution in [0.15, 0.2) is 24.3 Å². The summed E-state index contributed by atoms with van der Waals surface area (Å²) in [6, 6.07) is 6.93. The fraction of sp³-hybridized carbons (Fsp3) is 0.333. The topological polar surface area (TPSA) is 110 Å². The Bertz CT molecular complexity index is 786. The van der Waals surface area contributed by atoms with Gasteiger partial charge in [-0.2, -0.15) is 8.99 Å². The summed E-state index contributed by atoms with van der Waals surface area (Å²) in [5.41, 5.74) is 1.22. The number of carbonyl (C=O) groups is 1. The number of aryl methyl sites for hydroxylation is 1. The molecule has 0 spiro atoms. The van der Waals surface area contributed by atoms with Crippen LogP contribution in [0, 0.1) is 6.92 Å². The van der Waals surface area contributed by atoms with E-state index in [1.54, 1.807) is 31.2 Å². The number of sulfonamides is 1. The lowest BCUT2D eigenvalue weighted by Gasteiger charge is -2.14. The Morgan fingerprint density at radius 2 is 2.14 bits per heavy atom. The van der Waals surface area contributed by atoms with Crippen LogP contribution in [0.1, 0.15) is 5.82 Å². The summed E-state index contributed by atoms with van der Waals surface area (Å²) in [7, 11) is -2.05. The molecule has 0 saturated heterocycles. The van der Waals surface area contributed by atoms with Crippen LogP contribution in [0.3, 0.4) is 0 Å². The number of benzene rings is 1. The predicted octanol–water partition coefficient (Wildman–Crippen LogP) is -0.199. The quantitative estimate of drug-likeness (QED) is 0.815. The number of anilines is 1. The van der Waals surface area contributed by atoms with E-state index in [1.807, 2.05) is 0 Å². The fourth-order valence-electron chi connectivity index (χ4n) is 1.71. The molecule has 118 valence electrons. The van der Waals surface area contributed by atoms with Gasteiger partial charge in [-0.25, -0.2) is 8.42 Å². The van der Waals surface area contributed by atoms with Crippen LogP contribution in [0.25, 0.3) is 5.69 Å². The van der Waals surface area contributed by atoms with Gasteiger partial charge < -0.3 is 5.32 Å². The number of hydrogen-bond acceptors (Lipinski definition) is 6.